The van der Waals surface area contributed by atoms with Gasteiger partial charge in [0, 0.05) is 14.5 Å². The van der Waals surface area contributed by atoms with Gasteiger partial charge in [0.15, 0.2) is 0 Å². The number of carbonyl (C=O) groups excluding carboxylic acids is 1. The summed E-state index contributed by atoms with van der Waals surface area (Å²) in [6.07, 6.45) is 0. The van der Waals surface area contributed by atoms with Crippen LogP contribution in [-0.2, 0) is 6.54 Å². The first-order chi connectivity index (χ1) is 8.15. The number of aromatic nitrogens is 1. The van der Waals surface area contributed by atoms with Gasteiger partial charge < -0.3 is 5.32 Å². The van der Waals surface area contributed by atoms with Crippen LogP contribution in [-0.4, -0.2) is 10.9 Å². The second-order valence-corrected chi connectivity index (χ2v) is 5.86. The Morgan fingerprint density at radius 3 is 2.71 bits per heavy atom. The Bertz CT molecular complexity index is 522. The number of nitrogens with one attached hydrogen (secondary N) is 1. The Hall–Kier alpha value is -0.950. The summed E-state index contributed by atoms with van der Waals surface area (Å²) in [6.45, 7) is 2.43. The van der Waals surface area contributed by atoms with Crippen LogP contribution in [0.15, 0.2) is 29.6 Å². The lowest BCUT2D eigenvalue weighted by Gasteiger charge is -2.03. The molecular weight excluding hydrogens is 347 g/mol. The van der Waals surface area contributed by atoms with E-state index >= 15 is 0 Å². The third-order valence-electron chi connectivity index (χ3n) is 2.20. The smallest absolute Gasteiger partial charge is 0.251 e. The molecule has 0 saturated carbocycles. The van der Waals surface area contributed by atoms with Crippen LogP contribution in [0.4, 0.5) is 0 Å². The summed E-state index contributed by atoms with van der Waals surface area (Å²) < 4.78 is 1.12. The van der Waals surface area contributed by atoms with Gasteiger partial charge in [0.05, 0.1) is 17.2 Å². The van der Waals surface area contributed by atoms with Crippen LogP contribution in [0.2, 0.25) is 0 Å². The van der Waals surface area contributed by atoms with Crippen molar-refractivity contribution >= 4 is 39.8 Å². The summed E-state index contributed by atoms with van der Waals surface area (Å²) in [5.41, 5.74) is 1.59. The van der Waals surface area contributed by atoms with Crippen molar-refractivity contribution in [1.29, 1.82) is 0 Å². The molecule has 5 heteroatoms. The molecule has 0 radical (unpaired) electrons. The van der Waals surface area contributed by atoms with Crippen molar-refractivity contribution in [3.05, 3.63) is 49.5 Å². The number of rotatable bonds is 3. The first-order valence-corrected chi connectivity index (χ1v) is 7.06. The molecule has 0 spiro atoms. The van der Waals surface area contributed by atoms with Gasteiger partial charge in [-0.15, -0.1) is 11.3 Å². The molecule has 88 valence electrons. The molecule has 0 unspecified atom stereocenters. The van der Waals surface area contributed by atoms with Crippen LogP contribution in [0.3, 0.4) is 0 Å². The Kier molecular flexibility index (Phi) is 4.11. The molecule has 1 aromatic heterocycles. The zero-order valence-corrected chi connectivity index (χ0v) is 12.2. The van der Waals surface area contributed by atoms with Crippen molar-refractivity contribution in [2.24, 2.45) is 0 Å². The molecule has 0 saturated heterocycles. The van der Waals surface area contributed by atoms with Crippen molar-refractivity contribution in [1.82, 2.24) is 10.3 Å². The molecule has 2 aromatic rings. The van der Waals surface area contributed by atoms with Crippen LogP contribution >= 0.6 is 33.9 Å². The molecule has 1 N–H and O–H groups in total. The zero-order valence-electron chi connectivity index (χ0n) is 9.24. The lowest BCUT2D eigenvalue weighted by Crippen LogP contribution is -2.22. The lowest BCUT2D eigenvalue weighted by atomic mass is 10.2. The number of carbonyl (C=O) groups is 1. The van der Waals surface area contributed by atoms with E-state index in [0.717, 1.165) is 14.3 Å². The maximum atomic E-state index is 11.8. The number of thiazole rings is 1. The summed E-state index contributed by atoms with van der Waals surface area (Å²) in [5.74, 6) is -0.0629. The molecule has 0 aliphatic carbocycles. The average molecular weight is 358 g/mol. The number of aryl methyl sites for hydroxylation is 1. The topological polar surface area (TPSA) is 42.0 Å². The third-order valence-corrected chi connectivity index (χ3v) is 3.74. The second kappa shape index (κ2) is 5.59. The molecule has 2 rings (SSSR count). The monoisotopic (exact) mass is 358 g/mol. The summed E-state index contributed by atoms with van der Waals surface area (Å²) >= 11 is 3.80. The first kappa shape index (κ1) is 12.5. The fraction of sp³-hybridized carbons (Fsp3) is 0.167. The van der Waals surface area contributed by atoms with Gasteiger partial charge in [-0.05, 0) is 53.8 Å². The quantitative estimate of drug-likeness (QED) is 0.858. The molecule has 1 aromatic carbocycles. The number of benzene rings is 1. The maximum absolute atomic E-state index is 11.8. The molecule has 0 atom stereocenters. The van der Waals surface area contributed by atoms with Crippen molar-refractivity contribution in [3.8, 4) is 0 Å². The SMILES string of the molecule is Cc1nc(CNC(=O)c2ccc(I)cc2)cs1. The molecule has 0 aliphatic rings. The standard InChI is InChI=1S/C12H11IN2OS/c1-8-15-11(7-17-8)6-14-12(16)9-2-4-10(13)5-3-9/h2-5,7H,6H2,1H3,(H,14,16). The normalized spacial score (nSPS) is 10.2. The number of hydrogen-bond donors (Lipinski definition) is 1. The Labute approximate surface area is 117 Å². The second-order valence-electron chi connectivity index (χ2n) is 3.55. The number of hydrogen-bond acceptors (Lipinski definition) is 3. The van der Waals surface area contributed by atoms with E-state index in [2.05, 4.69) is 32.9 Å². The van der Waals surface area contributed by atoms with E-state index in [-0.39, 0.29) is 5.91 Å². The van der Waals surface area contributed by atoms with Gasteiger partial charge in [-0.3, -0.25) is 4.79 Å². The van der Waals surface area contributed by atoms with E-state index in [4.69, 9.17) is 0 Å². The van der Waals surface area contributed by atoms with E-state index in [1.807, 2.05) is 36.6 Å². The number of amides is 1. The van der Waals surface area contributed by atoms with Crippen LogP contribution in [0.1, 0.15) is 21.1 Å². The van der Waals surface area contributed by atoms with Gasteiger partial charge in [0.1, 0.15) is 0 Å². The Balaban J connectivity index is 1.95. The van der Waals surface area contributed by atoms with Gasteiger partial charge in [0.2, 0.25) is 0 Å². The zero-order chi connectivity index (χ0) is 12.3. The molecule has 0 fully saturated rings. The van der Waals surface area contributed by atoms with Crippen LogP contribution in [0.25, 0.3) is 0 Å². The number of halogens is 1. The summed E-state index contributed by atoms with van der Waals surface area (Å²) in [4.78, 5) is 16.1. The highest BCUT2D eigenvalue weighted by molar-refractivity contribution is 14.1. The van der Waals surface area contributed by atoms with Crippen LogP contribution in [0.5, 0.6) is 0 Å². The highest BCUT2D eigenvalue weighted by Crippen LogP contribution is 2.09. The van der Waals surface area contributed by atoms with E-state index < -0.39 is 0 Å². The molecule has 3 nitrogen and oxygen atoms in total. The van der Waals surface area contributed by atoms with E-state index in [1.54, 1.807) is 11.3 Å². The van der Waals surface area contributed by atoms with Crippen LogP contribution < -0.4 is 5.32 Å². The van der Waals surface area contributed by atoms with Crippen LogP contribution in [0, 0.1) is 10.5 Å². The molecule has 0 bridgehead atoms. The minimum absolute atomic E-state index is 0.0629. The maximum Gasteiger partial charge on any atom is 0.251 e. The summed E-state index contributed by atoms with van der Waals surface area (Å²) in [6, 6.07) is 7.48. The van der Waals surface area contributed by atoms with Crippen molar-refractivity contribution in [2.45, 2.75) is 13.5 Å². The summed E-state index contributed by atoms with van der Waals surface area (Å²) in [5, 5.41) is 5.83. The molecular formula is C12H11IN2OS. The Morgan fingerprint density at radius 1 is 1.41 bits per heavy atom. The largest absolute Gasteiger partial charge is 0.346 e. The lowest BCUT2D eigenvalue weighted by molar-refractivity contribution is 0.0950. The minimum atomic E-state index is -0.0629. The average Bonchev–Trinajstić information content (AvgIpc) is 2.73. The van der Waals surface area contributed by atoms with Gasteiger partial charge in [-0.25, -0.2) is 4.98 Å². The molecule has 17 heavy (non-hydrogen) atoms. The van der Waals surface area contributed by atoms with E-state index in [0.29, 0.717) is 12.1 Å². The highest BCUT2D eigenvalue weighted by atomic mass is 127. The highest BCUT2D eigenvalue weighted by Gasteiger charge is 2.05. The summed E-state index contributed by atoms with van der Waals surface area (Å²) in [7, 11) is 0. The van der Waals surface area contributed by atoms with Gasteiger partial charge in [-0.1, -0.05) is 0 Å². The molecule has 1 amide bonds. The third kappa shape index (κ3) is 3.50. The molecule has 0 aliphatic heterocycles. The fourth-order valence-corrected chi connectivity index (χ4v) is 2.34. The van der Waals surface area contributed by atoms with Gasteiger partial charge in [-0.2, -0.15) is 0 Å². The minimum Gasteiger partial charge on any atom is -0.346 e. The van der Waals surface area contributed by atoms with Crippen molar-refractivity contribution in [2.75, 3.05) is 0 Å². The predicted molar refractivity (Wildman–Crippen MR) is 77.2 cm³/mol. The van der Waals surface area contributed by atoms with Gasteiger partial charge in [0.25, 0.3) is 5.91 Å². The van der Waals surface area contributed by atoms with E-state index in [9.17, 15) is 4.79 Å². The fourth-order valence-electron chi connectivity index (χ4n) is 1.36. The molecule has 1 heterocycles. The first-order valence-electron chi connectivity index (χ1n) is 5.10. The Morgan fingerprint density at radius 2 is 2.12 bits per heavy atom. The van der Waals surface area contributed by atoms with E-state index in [1.165, 1.54) is 0 Å². The van der Waals surface area contributed by atoms with Crippen molar-refractivity contribution in [3.63, 3.8) is 0 Å². The predicted octanol–water partition coefficient (Wildman–Crippen LogP) is 2.99. The number of nitrogens with zero attached hydrogens (tertiary/aromatic N) is 1. The van der Waals surface area contributed by atoms with Crippen molar-refractivity contribution < 1.29 is 4.79 Å². The van der Waals surface area contributed by atoms with Gasteiger partial charge >= 0.3 is 0 Å².